The fourth-order valence-electron chi connectivity index (χ4n) is 1.63. The molecular formula is C11H20N4O. The van der Waals surface area contributed by atoms with Crippen molar-refractivity contribution in [1.29, 1.82) is 0 Å². The van der Waals surface area contributed by atoms with Gasteiger partial charge in [-0.3, -0.25) is 4.79 Å². The summed E-state index contributed by atoms with van der Waals surface area (Å²) in [5.74, 6) is 0.529. The van der Waals surface area contributed by atoms with Crippen LogP contribution in [0.4, 0.5) is 0 Å². The molecule has 1 aromatic heterocycles. The first kappa shape index (κ1) is 12.7. The highest BCUT2D eigenvalue weighted by atomic mass is 16.1. The number of aryl methyl sites for hydroxylation is 3. The molecule has 4 N–H and O–H groups in total. The number of hydrogen-bond donors (Lipinski definition) is 2. The van der Waals surface area contributed by atoms with Gasteiger partial charge in [0.2, 0.25) is 5.91 Å². The van der Waals surface area contributed by atoms with Crippen molar-refractivity contribution in [3.05, 3.63) is 17.7 Å². The second-order valence-electron chi connectivity index (χ2n) is 4.51. The van der Waals surface area contributed by atoms with Crippen LogP contribution in [-0.4, -0.2) is 21.0 Å². The van der Waals surface area contributed by atoms with E-state index in [1.54, 1.807) is 6.92 Å². The van der Waals surface area contributed by atoms with Crippen molar-refractivity contribution in [3.63, 3.8) is 0 Å². The van der Waals surface area contributed by atoms with Crippen LogP contribution in [0.2, 0.25) is 0 Å². The predicted octanol–water partition coefficient (Wildman–Crippen LogP) is 0.483. The Morgan fingerprint density at radius 2 is 2.19 bits per heavy atom. The maximum absolute atomic E-state index is 11.0. The summed E-state index contributed by atoms with van der Waals surface area (Å²) in [5, 5.41) is 0. The summed E-state index contributed by atoms with van der Waals surface area (Å²) in [5.41, 5.74) is 11.1. The third-order valence-electron chi connectivity index (χ3n) is 2.75. The molecular weight excluding hydrogens is 204 g/mol. The van der Waals surface area contributed by atoms with E-state index in [9.17, 15) is 4.79 Å². The van der Waals surface area contributed by atoms with Gasteiger partial charge in [0.25, 0.3) is 0 Å². The van der Waals surface area contributed by atoms with E-state index in [0.717, 1.165) is 24.5 Å². The van der Waals surface area contributed by atoms with E-state index in [4.69, 9.17) is 11.5 Å². The number of carbonyl (C=O) groups excluding carboxylic acids is 1. The Labute approximate surface area is 95.8 Å². The van der Waals surface area contributed by atoms with Gasteiger partial charge in [-0.2, -0.15) is 0 Å². The molecule has 1 rings (SSSR count). The largest absolute Gasteiger partial charge is 0.368 e. The molecule has 16 heavy (non-hydrogen) atoms. The topological polar surface area (TPSA) is 86.9 Å². The molecule has 0 bridgehead atoms. The van der Waals surface area contributed by atoms with Crippen LogP contribution >= 0.6 is 0 Å². The molecule has 1 atom stereocenters. The number of rotatable bonds is 5. The lowest BCUT2D eigenvalue weighted by molar-refractivity contribution is -0.122. The summed E-state index contributed by atoms with van der Waals surface area (Å²) >= 11 is 0. The van der Waals surface area contributed by atoms with Gasteiger partial charge in [-0.1, -0.05) is 0 Å². The summed E-state index contributed by atoms with van der Waals surface area (Å²) < 4.78 is 2.06. The van der Waals surface area contributed by atoms with Crippen LogP contribution < -0.4 is 11.5 Å². The molecule has 1 heterocycles. The number of amides is 1. The zero-order valence-electron chi connectivity index (χ0n) is 10.2. The van der Waals surface area contributed by atoms with E-state index in [2.05, 4.69) is 9.55 Å². The van der Waals surface area contributed by atoms with E-state index in [-0.39, 0.29) is 0 Å². The second kappa shape index (κ2) is 4.65. The number of aromatic nitrogens is 2. The molecule has 0 saturated heterocycles. The van der Waals surface area contributed by atoms with Gasteiger partial charge in [-0.05, 0) is 33.6 Å². The van der Waals surface area contributed by atoms with Crippen molar-refractivity contribution in [3.8, 4) is 0 Å². The minimum Gasteiger partial charge on any atom is -0.368 e. The number of imidazole rings is 1. The molecule has 0 spiro atoms. The minimum absolute atomic E-state index is 0.453. The Bertz CT molecular complexity index is 381. The molecule has 90 valence electrons. The van der Waals surface area contributed by atoms with Crippen molar-refractivity contribution in [2.45, 2.75) is 45.7 Å². The average Bonchev–Trinajstić information content (AvgIpc) is 2.44. The van der Waals surface area contributed by atoms with Crippen molar-refractivity contribution in [2.75, 3.05) is 0 Å². The minimum atomic E-state index is -0.913. The number of primary amides is 1. The maximum Gasteiger partial charge on any atom is 0.237 e. The van der Waals surface area contributed by atoms with Gasteiger partial charge in [-0.15, -0.1) is 0 Å². The van der Waals surface area contributed by atoms with Crippen molar-refractivity contribution in [1.82, 2.24) is 9.55 Å². The summed E-state index contributed by atoms with van der Waals surface area (Å²) in [6.07, 6.45) is 3.39. The Hall–Kier alpha value is -1.36. The van der Waals surface area contributed by atoms with Gasteiger partial charge in [-0.25, -0.2) is 4.98 Å². The smallest absolute Gasteiger partial charge is 0.237 e. The van der Waals surface area contributed by atoms with Crippen molar-refractivity contribution < 1.29 is 4.79 Å². The SMILES string of the molecule is Cc1cn(CCCC(C)(N)C(N)=O)c(C)n1. The number of nitrogens with two attached hydrogens (primary N) is 2. The first-order chi connectivity index (χ1) is 7.33. The van der Waals surface area contributed by atoms with Gasteiger partial charge in [0.1, 0.15) is 5.82 Å². The molecule has 0 radical (unpaired) electrons. The Morgan fingerprint density at radius 3 is 2.62 bits per heavy atom. The van der Waals surface area contributed by atoms with Gasteiger partial charge in [0.05, 0.1) is 11.2 Å². The Balaban J connectivity index is 2.48. The number of nitrogens with zero attached hydrogens (tertiary/aromatic N) is 2. The molecule has 0 fully saturated rings. The van der Waals surface area contributed by atoms with Crippen molar-refractivity contribution >= 4 is 5.91 Å². The first-order valence-corrected chi connectivity index (χ1v) is 5.42. The zero-order valence-corrected chi connectivity index (χ0v) is 10.2. The van der Waals surface area contributed by atoms with E-state index in [0.29, 0.717) is 6.42 Å². The second-order valence-corrected chi connectivity index (χ2v) is 4.51. The standard InChI is InChI=1S/C11H20N4O/c1-8-7-15(9(2)14-8)6-4-5-11(3,13)10(12)16/h7H,4-6,13H2,1-3H3,(H2,12,16). The summed E-state index contributed by atoms with van der Waals surface area (Å²) in [6.45, 7) is 6.40. The third kappa shape index (κ3) is 3.06. The quantitative estimate of drug-likeness (QED) is 0.762. The molecule has 1 aromatic rings. The fourth-order valence-corrected chi connectivity index (χ4v) is 1.63. The summed E-state index contributed by atoms with van der Waals surface area (Å²) in [6, 6.07) is 0. The zero-order chi connectivity index (χ0) is 12.3. The van der Waals surface area contributed by atoms with E-state index in [1.165, 1.54) is 0 Å². The van der Waals surface area contributed by atoms with Crippen LogP contribution in [-0.2, 0) is 11.3 Å². The van der Waals surface area contributed by atoms with Crippen LogP contribution in [0.1, 0.15) is 31.3 Å². The summed E-state index contributed by atoms with van der Waals surface area (Å²) in [4.78, 5) is 15.3. The lowest BCUT2D eigenvalue weighted by Gasteiger charge is -2.20. The third-order valence-corrected chi connectivity index (χ3v) is 2.75. The van der Waals surface area contributed by atoms with Crippen molar-refractivity contribution in [2.24, 2.45) is 11.5 Å². The molecule has 5 nitrogen and oxygen atoms in total. The molecule has 1 amide bonds. The van der Waals surface area contributed by atoms with E-state index in [1.807, 2.05) is 20.0 Å². The molecule has 0 aliphatic rings. The van der Waals surface area contributed by atoms with Gasteiger partial charge in [0.15, 0.2) is 0 Å². The number of hydrogen-bond acceptors (Lipinski definition) is 3. The molecule has 0 aromatic carbocycles. The van der Waals surface area contributed by atoms with Crippen LogP contribution in [0.3, 0.4) is 0 Å². The van der Waals surface area contributed by atoms with Crippen LogP contribution in [0.5, 0.6) is 0 Å². The highest BCUT2D eigenvalue weighted by molar-refractivity contribution is 5.83. The highest BCUT2D eigenvalue weighted by Crippen LogP contribution is 2.10. The van der Waals surface area contributed by atoms with E-state index < -0.39 is 11.4 Å². The average molecular weight is 224 g/mol. The first-order valence-electron chi connectivity index (χ1n) is 5.42. The molecule has 0 saturated carbocycles. The summed E-state index contributed by atoms with van der Waals surface area (Å²) in [7, 11) is 0. The van der Waals surface area contributed by atoms with Crippen LogP contribution in [0.25, 0.3) is 0 Å². The molecule has 0 aliphatic carbocycles. The Morgan fingerprint density at radius 1 is 1.56 bits per heavy atom. The monoisotopic (exact) mass is 224 g/mol. The fraction of sp³-hybridized carbons (Fsp3) is 0.636. The molecule has 0 aliphatic heterocycles. The molecule has 1 unspecified atom stereocenters. The van der Waals surface area contributed by atoms with Gasteiger partial charge in [0, 0.05) is 12.7 Å². The highest BCUT2D eigenvalue weighted by Gasteiger charge is 2.24. The van der Waals surface area contributed by atoms with E-state index >= 15 is 0 Å². The molecule has 5 heteroatoms. The lowest BCUT2D eigenvalue weighted by atomic mass is 9.96. The van der Waals surface area contributed by atoms with Crippen LogP contribution in [0.15, 0.2) is 6.20 Å². The predicted molar refractivity (Wildman–Crippen MR) is 62.7 cm³/mol. The lowest BCUT2D eigenvalue weighted by Crippen LogP contribution is -2.49. The normalized spacial score (nSPS) is 14.8. The van der Waals surface area contributed by atoms with Gasteiger partial charge < -0.3 is 16.0 Å². The maximum atomic E-state index is 11.0. The van der Waals surface area contributed by atoms with Gasteiger partial charge >= 0.3 is 0 Å². The van der Waals surface area contributed by atoms with Crippen LogP contribution in [0, 0.1) is 13.8 Å². The number of carbonyl (C=O) groups is 1. The Kier molecular flexibility index (Phi) is 3.70.